The average Bonchev–Trinajstić information content (AvgIpc) is 2.45. The number of aliphatic hydroxyl groups excluding tert-OH is 1. The van der Waals surface area contributed by atoms with Crippen LogP contribution in [-0.2, 0) is 14.3 Å². The summed E-state index contributed by atoms with van der Waals surface area (Å²) in [5, 5.41) is 11.5. The van der Waals surface area contributed by atoms with E-state index in [-0.39, 0.29) is 12.3 Å². The van der Waals surface area contributed by atoms with Crippen LogP contribution in [-0.4, -0.2) is 42.5 Å². The highest BCUT2D eigenvalue weighted by Crippen LogP contribution is 2.19. The molecular weight excluding hydrogens is 292 g/mol. The molecule has 0 radical (unpaired) electrons. The fourth-order valence-corrected chi connectivity index (χ4v) is 1.95. The number of benzene rings is 1. The number of thioether (sulfide) groups is 1. The van der Waals surface area contributed by atoms with Gasteiger partial charge in [0, 0.05) is 4.90 Å². The number of hydrogen-bond donors (Lipinski definition) is 2. The van der Waals surface area contributed by atoms with Crippen LogP contribution >= 0.6 is 11.8 Å². The van der Waals surface area contributed by atoms with E-state index in [0.717, 1.165) is 31.0 Å². The smallest absolute Gasteiger partial charge is 0.336 e. The predicted molar refractivity (Wildman–Crippen MR) is 68.1 cm³/mol. The van der Waals surface area contributed by atoms with Crippen LogP contribution in [0.25, 0.3) is 0 Å². The molecule has 0 spiro atoms. The van der Waals surface area contributed by atoms with Crippen LogP contribution in [0.3, 0.4) is 0 Å². The van der Waals surface area contributed by atoms with Crippen LogP contribution in [0.15, 0.2) is 23.1 Å². The van der Waals surface area contributed by atoms with Crippen molar-refractivity contribution in [3.63, 3.8) is 0 Å². The molecule has 20 heavy (non-hydrogen) atoms. The number of carbonyl (C=O) groups is 2. The topological polar surface area (TPSA) is 75.6 Å². The lowest BCUT2D eigenvalue weighted by atomic mass is 10.3. The molecule has 0 aliphatic heterocycles. The number of carbonyl (C=O) groups excluding carboxylic acids is 2. The third-order valence-corrected chi connectivity index (χ3v) is 3.22. The van der Waals surface area contributed by atoms with Crippen LogP contribution in [0.4, 0.5) is 8.78 Å². The molecule has 1 atom stereocenters. The molecule has 8 heteroatoms. The van der Waals surface area contributed by atoms with E-state index in [1.165, 1.54) is 6.07 Å². The summed E-state index contributed by atoms with van der Waals surface area (Å²) in [6.07, 6.45) is -1.43. The summed E-state index contributed by atoms with van der Waals surface area (Å²) >= 11 is 1.00. The number of hydrogen-bond acceptors (Lipinski definition) is 5. The molecule has 0 aliphatic carbocycles. The zero-order valence-electron chi connectivity index (χ0n) is 10.6. The molecule has 110 valence electrons. The van der Waals surface area contributed by atoms with E-state index >= 15 is 0 Å². The lowest BCUT2D eigenvalue weighted by Gasteiger charge is -2.09. The molecule has 2 N–H and O–H groups in total. The first kappa shape index (κ1) is 16.4. The Morgan fingerprint density at radius 1 is 1.40 bits per heavy atom. The Morgan fingerprint density at radius 3 is 2.70 bits per heavy atom. The molecule has 0 heterocycles. The number of aliphatic hydroxyl groups is 1. The standard InChI is InChI=1S/C12H13F2NO4S/c1-19-12(18)10(16)5-15-11(17)6-20-7-2-3-8(13)9(14)4-7/h2-4,10,16H,5-6H2,1H3,(H,15,17). The van der Waals surface area contributed by atoms with Gasteiger partial charge < -0.3 is 15.2 Å². The molecule has 1 aromatic carbocycles. The third-order valence-electron chi connectivity index (χ3n) is 2.23. The van der Waals surface area contributed by atoms with Crippen molar-refractivity contribution >= 4 is 23.6 Å². The molecule has 1 aromatic rings. The Kier molecular flexibility index (Phi) is 6.40. The third kappa shape index (κ3) is 5.14. The Balaban J connectivity index is 2.36. The molecule has 0 fully saturated rings. The Labute approximate surface area is 118 Å². The number of methoxy groups -OCH3 is 1. The average molecular weight is 305 g/mol. The highest BCUT2D eigenvalue weighted by Gasteiger charge is 2.16. The molecule has 0 saturated carbocycles. The van der Waals surface area contributed by atoms with E-state index in [9.17, 15) is 23.5 Å². The first-order chi connectivity index (χ1) is 9.43. The van der Waals surface area contributed by atoms with Gasteiger partial charge in [0.05, 0.1) is 19.4 Å². The van der Waals surface area contributed by atoms with Gasteiger partial charge in [0.2, 0.25) is 5.91 Å². The first-order valence-corrected chi connectivity index (χ1v) is 6.53. The highest BCUT2D eigenvalue weighted by molar-refractivity contribution is 8.00. The van der Waals surface area contributed by atoms with Gasteiger partial charge in [-0.05, 0) is 18.2 Å². The van der Waals surface area contributed by atoms with Gasteiger partial charge in [-0.2, -0.15) is 0 Å². The van der Waals surface area contributed by atoms with E-state index in [4.69, 9.17) is 0 Å². The number of halogens is 2. The highest BCUT2D eigenvalue weighted by atomic mass is 32.2. The number of esters is 1. The van der Waals surface area contributed by atoms with Crippen LogP contribution in [0.5, 0.6) is 0 Å². The number of ether oxygens (including phenoxy) is 1. The summed E-state index contributed by atoms with van der Waals surface area (Å²) in [5.74, 6) is -3.31. The van der Waals surface area contributed by atoms with Crippen molar-refractivity contribution in [1.82, 2.24) is 5.32 Å². The molecule has 5 nitrogen and oxygen atoms in total. The fourth-order valence-electron chi connectivity index (χ4n) is 1.20. The zero-order valence-corrected chi connectivity index (χ0v) is 11.4. The summed E-state index contributed by atoms with van der Waals surface area (Å²) in [6, 6.07) is 3.30. The van der Waals surface area contributed by atoms with Gasteiger partial charge in [0.25, 0.3) is 0 Å². The minimum Gasteiger partial charge on any atom is -0.467 e. The molecule has 0 aliphatic rings. The summed E-state index contributed by atoms with van der Waals surface area (Å²) < 4.78 is 29.9. The Morgan fingerprint density at radius 2 is 2.10 bits per heavy atom. The molecular formula is C12H13F2NO4S. The fraction of sp³-hybridized carbons (Fsp3) is 0.333. The molecule has 1 rings (SSSR count). The molecule has 1 amide bonds. The SMILES string of the molecule is COC(=O)C(O)CNC(=O)CSc1ccc(F)c(F)c1. The quantitative estimate of drug-likeness (QED) is 0.598. The van der Waals surface area contributed by atoms with Crippen molar-refractivity contribution in [1.29, 1.82) is 0 Å². The minimum absolute atomic E-state index is 0.0566. The van der Waals surface area contributed by atoms with Gasteiger partial charge >= 0.3 is 5.97 Å². The summed E-state index contributed by atoms with van der Waals surface area (Å²) in [5.41, 5.74) is 0. The van der Waals surface area contributed by atoms with Gasteiger partial charge in [-0.3, -0.25) is 4.79 Å². The zero-order chi connectivity index (χ0) is 15.1. The van der Waals surface area contributed by atoms with Crippen molar-refractivity contribution in [2.24, 2.45) is 0 Å². The van der Waals surface area contributed by atoms with Crippen molar-refractivity contribution in [2.45, 2.75) is 11.0 Å². The molecule has 0 aromatic heterocycles. The predicted octanol–water partition coefficient (Wildman–Crippen LogP) is 0.707. The molecule has 0 bridgehead atoms. The first-order valence-electron chi connectivity index (χ1n) is 5.54. The maximum absolute atomic E-state index is 12.9. The van der Waals surface area contributed by atoms with Gasteiger partial charge in [0.15, 0.2) is 17.7 Å². The van der Waals surface area contributed by atoms with Crippen molar-refractivity contribution in [2.75, 3.05) is 19.4 Å². The van der Waals surface area contributed by atoms with Crippen LogP contribution in [0.1, 0.15) is 0 Å². The summed E-state index contributed by atoms with van der Waals surface area (Å²) in [6.45, 7) is -0.274. The van der Waals surface area contributed by atoms with Crippen LogP contribution < -0.4 is 5.32 Å². The lowest BCUT2D eigenvalue weighted by Crippen LogP contribution is -2.37. The maximum Gasteiger partial charge on any atom is 0.336 e. The van der Waals surface area contributed by atoms with Gasteiger partial charge in [-0.15, -0.1) is 11.8 Å². The second-order valence-electron chi connectivity index (χ2n) is 3.71. The minimum atomic E-state index is -1.43. The van der Waals surface area contributed by atoms with Crippen LogP contribution in [0, 0.1) is 11.6 Å². The maximum atomic E-state index is 12.9. The van der Waals surface area contributed by atoms with E-state index in [1.54, 1.807) is 0 Å². The van der Waals surface area contributed by atoms with Gasteiger partial charge in [0.1, 0.15) is 0 Å². The number of amides is 1. The van der Waals surface area contributed by atoms with Crippen LogP contribution in [0.2, 0.25) is 0 Å². The lowest BCUT2D eigenvalue weighted by molar-refractivity contribution is -0.150. The Hall–Kier alpha value is -1.67. The normalized spacial score (nSPS) is 11.8. The number of rotatable bonds is 6. The molecule has 1 unspecified atom stereocenters. The van der Waals surface area contributed by atoms with E-state index in [2.05, 4.69) is 10.1 Å². The summed E-state index contributed by atoms with van der Waals surface area (Å²) in [7, 11) is 1.12. The number of nitrogens with one attached hydrogen (secondary N) is 1. The van der Waals surface area contributed by atoms with Gasteiger partial charge in [-0.1, -0.05) is 0 Å². The van der Waals surface area contributed by atoms with Crippen molar-refractivity contribution < 1.29 is 28.2 Å². The molecule has 0 saturated heterocycles. The van der Waals surface area contributed by atoms with E-state index in [1.807, 2.05) is 0 Å². The van der Waals surface area contributed by atoms with E-state index in [0.29, 0.717) is 4.90 Å². The second kappa shape index (κ2) is 7.81. The van der Waals surface area contributed by atoms with E-state index < -0.39 is 29.6 Å². The second-order valence-corrected chi connectivity index (χ2v) is 4.76. The van der Waals surface area contributed by atoms with Gasteiger partial charge in [-0.25, -0.2) is 13.6 Å². The largest absolute Gasteiger partial charge is 0.467 e. The Bertz CT molecular complexity index is 498. The monoisotopic (exact) mass is 305 g/mol. The summed E-state index contributed by atoms with van der Waals surface area (Å²) in [4.78, 5) is 22.7. The van der Waals surface area contributed by atoms with Crippen molar-refractivity contribution in [3.8, 4) is 0 Å². The van der Waals surface area contributed by atoms with Crippen molar-refractivity contribution in [3.05, 3.63) is 29.8 Å².